The lowest BCUT2D eigenvalue weighted by molar-refractivity contribution is -0.116. The van der Waals surface area contributed by atoms with Gasteiger partial charge in [-0.15, -0.1) is 0 Å². The first-order valence-electron chi connectivity index (χ1n) is 5.55. The van der Waals surface area contributed by atoms with E-state index in [1.165, 1.54) is 12.0 Å². The Balaban J connectivity index is 1.96. The average molecular weight is 250 g/mol. The van der Waals surface area contributed by atoms with Crippen molar-refractivity contribution in [3.05, 3.63) is 24.3 Å². The molecule has 0 atom stereocenters. The van der Waals surface area contributed by atoms with Gasteiger partial charge >= 0.3 is 6.09 Å². The zero-order chi connectivity index (χ0) is 13.0. The number of hydrogen-bond donors (Lipinski definition) is 1. The van der Waals surface area contributed by atoms with E-state index in [0.717, 1.165) is 0 Å². The van der Waals surface area contributed by atoms with E-state index in [1.54, 1.807) is 18.2 Å². The van der Waals surface area contributed by atoms with Crippen LogP contribution in [-0.4, -0.2) is 43.7 Å². The third-order valence-electron chi connectivity index (χ3n) is 2.56. The summed E-state index contributed by atoms with van der Waals surface area (Å²) >= 11 is 0. The van der Waals surface area contributed by atoms with Crippen LogP contribution in [0.3, 0.4) is 0 Å². The second-order valence-corrected chi connectivity index (χ2v) is 3.78. The predicted molar refractivity (Wildman–Crippen MR) is 64.5 cm³/mol. The maximum absolute atomic E-state index is 11.8. The minimum atomic E-state index is -0.454. The monoisotopic (exact) mass is 250 g/mol. The molecule has 0 unspecified atom stereocenters. The van der Waals surface area contributed by atoms with Crippen LogP contribution < -0.4 is 10.1 Å². The fourth-order valence-electron chi connectivity index (χ4n) is 1.68. The predicted octanol–water partition coefficient (Wildman–Crippen LogP) is 1.09. The van der Waals surface area contributed by atoms with E-state index in [4.69, 9.17) is 9.47 Å². The van der Waals surface area contributed by atoms with E-state index in [9.17, 15) is 9.59 Å². The molecule has 2 amide bonds. The van der Waals surface area contributed by atoms with Crippen LogP contribution in [0.5, 0.6) is 5.75 Å². The van der Waals surface area contributed by atoms with Crippen LogP contribution in [0.25, 0.3) is 0 Å². The molecule has 1 aliphatic rings. The Labute approximate surface area is 104 Å². The number of nitrogens with one attached hydrogen (secondary N) is 1. The quantitative estimate of drug-likeness (QED) is 0.868. The number of rotatable bonds is 4. The average Bonchev–Trinajstić information content (AvgIpc) is 2.75. The van der Waals surface area contributed by atoms with Gasteiger partial charge in [-0.3, -0.25) is 9.69 Å². The Morgan fingerprint density at radius 3 is 2.94 bits per heavy atom. The topological polar surface area (TPSA) is 67.9 Å². The van der Waals surface area contributed by atoms with Gasteiger partial charge in [0.2, 0.25) is 5.91 Å². The second kappa shape index (κ2) is 5.39. The molecule has 1 aromatic carbocycles. The summed E-state index contributed by atoms with van der Waals surface area (Å²) in [6.07, 6.45) is -0.454. The van der Waals surface area contributed by atoms with Gasteiger partial charge < -0.3 is 14.8 Å². The Bertz CT molecular complexity index is 461. The number of amides is 2. The first kappa shape index (κ1) is 12.2. The van der Waals surface area contributed by atoms with Crippen molar-refractivity contribution >= 4 is 17.7 Å². The Morgan fingerprint density at radius 2 is 2.28 bits per heavy atom. The summed E-state index contributed by atoms with van der Waals surface area (Å²) < 4.78 is 9.86. The van der Waals surface area contributed by atoms with Crippen LogP contribution in [0.15, 0.2) is 24.3 Å². The number of hydrogen-bond acceptors (Lipinski definition) is 4. The molecule has 6 heteroatoms. The van der Waals surface area contributed by atoms with Gasteiger partial charge in [0.1, 0.15) is 18.9 Å². The highest BCUT2D eigenvalue weighted by atomic mass is 16.6. The lowest BCUT2D eigenvalue weighted by Gasteiger charge is -2.13. The molecule has 1 aromatic rings. The van der Waals surface area contributed by atoms with Crippen molar-refractivity contribution in [1.29, 1.82) is 0 Å². The van der Waals surface area contributed by atoms with E-state index < -0.39 is 6.09 Å². The summed E-state index contributed by atoms with van der Waals surface area (Å²) in [6, 6.07) is 7.09. The fourth-order valence-corrected chi connectivity index (χ4v) is 1.68. The summed E-state index contributed by atoms with van der Waals surface area (Å²) in [6.45, 7) is 0.760. The van der Waals surface area contributed by atoms with Gasteiger partial charge in [-0.05, 0) is 12.1 Å². The standard InChI is InChI=1S/C12H14N2O4/c1-17-10-5-3-2-4-9(10)13-11(15)8-14-6-7-18-12(14)16/h2-5H,6-8H2,1H3,(H,13,15). The van der Waals surface area contributed by atoms with E-state index >= 15 is 0 Å². The van der Waals surface area contributed by atoms with Crippen LogP contribution in [0.1, 0.15) is 0 Å². The SMILES string of the molecule is COc1ccccc1NC(=O)CN1CCOC1=O. The summed E-state index contributed by atoms with van der Waals surface area (Å²) in [5.74, 6) is 0.299. The molecule has 1 N–H and O–H groups in total. The number of cyclic esters (lactones) is 1. The van der Waals surface area contributed by atoms with Gasteiger partial charge in [0.25, 0.3) is 0 Å². The normalized spacial score (nSPS) is 14.3. The third-order valence-corrected chi connectivity index (χ3v) is 2.56. The van der Waals surface area contributed by atoms with Crippen molar-refractivity contribution in [2.24, 2.45) is 0 Å². The molecule has 96 valence electrons. The molecule has 2 rings (SSSR count). The van der Waals surface area contributed by atoms with Gasteiger partial charge in [-0.1, -0.05) is 12.1 Å². The molecule has 1 aliphatic heterocycles. The third kappa shape index (κ3) is 2.71. The fraction of sp³-hybridized carbons (Fsp3) is 0.333. The van der Waals surface area contributed by atoms with Gasteiger partial charge in [0.05, 0.1) is 19.3 Å². The van der Waals surface area contributed by atoms with Gasteiger partial charge in [-0.25, -0.2) is 4.79 Å². The zero-order valence-corrected chi connectivity index (χ0v) is 10.0. The molecule has 0 aliphatic carbocycles. The molecule has 1 fully saturated rings. The molecule has 18 heavy (non-hydrogen) atoms. The molecule has 0 spiro atoms. The summed E-state index contributed by atoms with van der Waals surface area (Å²) in [5.41, 5.74) is 0.581. The van der Waals surface area contributed by atoms with Crippen molar-refractivity contribution in [1.82, 2.24) is 4.90 Å². The molecule has 0 bridgehead atoms. The molecule has 0 radical (unpaired) electrons. The Morgan fingerprint density at radius 1 is 1.50 bits per heavy atom. The zero-order valence-electron chi connectivity index (χ0n) is 10.0. The van der Waals surface area contributed by atoms with Crippen LogP contribution in [0.2, 0.25) is 0 Å². The Hall–Kier alpha value is -2.24. The number of nitrogens with zero attached hydrogens (tertiary/aromatic N) is 1. The highest BCUT2D eigenvalue weighted by Gasteiger charge is 2.24. The smallest absolute Gasteiger partial charge is 0.410 e. The van der Waals surface area contributed by atoms with Gasteiger partial charge in [0.15, 0.2) is 0 Å². The summed E-state index contributed by atoms with van der Waals surface area (Å²) in [4.78, 5) is 24.3. The van der Waals surface area contributed by atoms with E-state index in [2.05, 4.69) is 5.32 Å². The van der Waals surface area contributed by atoms with E-state index in [0.29, 0.717) is 24.6 Å². The lowest BCUT2D eigenvalue weighted by atomic mass is 10.3. The molecular weight excluding hydrogens is 236 g/mol. The number of ether oxygens (including phenoxy) is 2. The highest BCUT2D eigenvalue weighted by molar-refractivity contribution is 5.95. The molecule has 1 heterocycles. The van der Waals surface area contributed by atoms with Crippen LogP contribution in [0, 0.1) is 0 Å². The largest absolute Gasteiger partial charge is 0.495 e. The van der Waals surface area contributed by atoms with E-state index in [1.807, 2.05) is 6.07 Å². The molecule has 0 aromatic heterocycles. The highest BCUT2D eigenvalue weighted by Crippen LogP contribution is 2.22. The van der Waals surface area contributed by atoms with Crippen LogP contribution >= 0.6 is 0 Å². The number of benzene rings is 1. The van der Waals surface area contributed by atoms with Crippen molar-refractivity contribution < 1.29 is 19.1 Å². The number of carbonyl (C=O) groups excluding carboxylic acids is 2. The number of carbonyl (C=O) groups is 2. The second-order valence-electron chi connectivity index (χ2n) is 3.78. The van der Waals surface area contributed by atoms with Crippen molar-refractivity contribution in [3.63, 3.8) is 0 Å². The van der Waals surface area contributed by atoms with Crippen molar-refractivity contribution in [3.8, 4) is 5.75 Å². The first-order valence-corrected chi connectivity index (χ1v) is 5.55. The summed E-state index contributed by atoms with van der Waals surface area (Å²) in [5, 5.41) is 2.70. The summed E-state index contributed by atoms with van der Waals surface area (Å²) in [7, 11) is 1.53. The molecule has 0 saturated carbocycles. The number of methoxy groups -OCH3 is 1. The van der Waals surface area contributed by atoms with Crippen LogP contribution in [0.4, 0.5) is 10.5 Å². The lowest BCUT2D eigenvalue weighted by Crippen LogP contribution is -2.33. The van der Waals surface area contributed by atoms with Crippen molar-refractivity contribution in [2.75, 3.05) is 32.1 Å². The molecule has 6 nitrogen and oxygen atoms in total. The minimum Gasteiger partial charge on any atom is -0.495 e. The van der Waals surface area contributed by atoms with E-state index in [-0.39, 0.29) is 12.5 Å². The van der Waals surface area contributed by atoms with Crippen LogP contribution in [-0.2, 0) is 9.53 Å². The van der Waals surface area contributed by atoms with Crippen molar-refractivity contribution in [2.45, 2.75) is 0 Å². The Kier molecular flexibility index (Phi) is 3.66. The van der Waals surface area contributed by atoms with Gasteiger partial charge in [0, 0.05) is 0 Å². The molecular formula is C12H14N2O4. The maximum atomic E-state index is 11.8. The number of anilines is 1. The molecule has 1 saturated heterocycles. The first-order chi connectivity index (χ1) is 8.70. The maximum Gasteiger partial charge on any atom is 0.410 e. The number of para-hydroxylation sites is 2. The minimum absolute atomic E-state index is 0.0170. The van der Waals surface area contributed by atoms with Gasteiger partial charge in [-0.2, -0.15) is 0 Å².